The largest absolute Gasteiger partial charge is 0.464 e. The van der Waals surface area contributed by atoms with Crippen LogP contribution in [0.1, 0.15) is 23.8 Å². The maximum Gasteiger partial charge on any atom is 0.417 e. The molecule has 0 N–H and O–H groups in total. The number of esters is 1. The van der Waals surface area contributed by atoms with Crippen LogP contribution in [0.25, 0.3) is 17.2 Å². The number of alkyl halides is 6. The summed E-state index contributed by atoms with van der Waals surface area (Å²) >= 11 is 0. The molecule has 140 valence electrons. The van der Waals surface area contributed by atoms with Crippen LogP contribution in [-0.2, 0) is 21.9 Å². The standard InChI is InChI=1S/C17H12F6O3/c1-2-25-15(24)6-4-12-7-10(9-26-12)13-5-3-11(16(18,19)20)8-14(13)17(21,22)23/h3-9H,2H2,1H3/b6-4+. The van der Waals surface area contributed by atoms with E-state index in [0.717, 1.165) is 18.4 Å². The van der Waals surface area contributed by atoms with E-state index in [4.69, 9.17) is 4.42 Å². The molecule has 0 atom stereocenters. The van der Waals surface area contributed by atoms with E-state index in [-0.39, 0.29) is 24.0 Å². The molecule has 26 heavy (non-hydrogen) atoms. The molecule has 0 fully saturated rings. The fraction of sp³-hybridized carbons (Fsp3) is 0.235. The van der Waals surface area contributed by atoms with Gasteiger partial charge in [-0.25, -0.2) is 4.79 Å². The molecule has 2 rings (SSSR count). The molecular weight excluding hydrogens is 366 g/mol. The Labute approximate surface area is 143 Å². The second kappa shape index (κ2) is 7.27. The minimum atomic E-state index is -4.99. The zero-order valence-corrected chi connectivity index (χ0v) is 13.2. The number of halogens is 6. The molecule has 0 amide bonds. The average molecular weight is 378 g/mol. The van der Waals surface area contributed by atoms with Crippen molar-refractivity contribution in [2.24, 2.45) is 0 Å². The summed E-state index contributed by atoms with van der Waals surface area (Å²) in [5, 5.41) is 0. The zero-order valence-electron chi connectivity index (χ0n) is 13.2. The van der Waals surface area contributed by atoms with Gasteiger partial charge in [0.1, 0.15) is 5.76 Å². The highest BCUT2D eigenvalue weighted by Crippen LogP contribution is 2.41. The Morgan fingerprint density at radius 1 is 1.12 bits per heavy atom. The first-order valence-electron chi connectivity index (χ1n) is 7.24. The van der Waals surface area contributed by atoms with E-state index in [0.29, 0.717) is 6.07 Å². The molecule has 0 saturated heterocycles. The second-order valence-corrected chi connectivity index (χ2v) is 5.08. The smallest absolute Gasteiger partial charge is 0.417 e. The minimum Gasteiger partial charge on any atom is -0.464 e. The van der Waals surface area contributed by atoms with Gasteiger partial charge in [0.05, 0.1) is 24.0 Å². The maximum absolute atomic E-state index is 13.2. The minimum absolute atomic E-state index is 0.0427. The van der Waals surface area contributed by atoms with Gasteiger partial charge in [-0.3, -0.25) is 0 Å². The second-order valence-electron chi connectivity index (χ2n) is 5.08. The van der Waals surface area contributed by atoms with Crippen LogP contribution >= 0.6 is 0 Å². The Morgan fingerprint density at radius 3 is 2.38 bits per heavy atom. The Hall–Kier alpha value is -2.71. The third kappa shape index (κ3) is 4.68. The lowest BCUT2D eigenvalue weighted by molar-refractivity contribution is -0.143. The van der Waals surface area contributed by atoms with Gasteiger partial charge in [-0.1, -0.05) is 6.07 Å². The number of carbonyl (C=O) groups is 1. The lowest BCUT2D eigenvalue weighted by atomic mass is 9.98. The van der Waals surface area contributed by atoms with E-state index in [1.807, 2.05) is 0 Å². The number of benzene rings is 1. The number of carbonyl (C=O) groups excluding carboxylic acids is 1. The van der Waals surface area contributed by atoms with Gasteiger partial charge in [-0.05, 0) is 36.8 Å². The molecule has 0 spiro atoms. The summed E-state index contributed by atoms with van der Waals surface area (Å²) in [6, 6.07) is 2.52. The van der Waals surface area contributed by atoms with Crippen LogP contribution in [0.5, 0.6) is 0 Å². The van der Waals surface area contributed by atoms with Gasteiger partial charge in [0.25, 0.3) is 0 Å². The van der Waals surface area contributed by atoms with Gasteiger partial charge in [0, 0.05) is 11.6 Å². The summed E-state index contributed by atoms with van der Waals surface area (Å²) in [7, 11) is 0. The molecule has 3 nitrogen and oxygen atoms in total. The molecule has 0 aliphatic rings. The first kappa shape index (κ1) is 19.6. The zero-order chi connectivity index (χ0) is 19.5. The number of ether oxygens (including phenoxy) is 1. The van der Waals surface area contributed by atoms with Crippen molar-refractivity contribution in [2.45, 2.75) is 19.3 Å². The number of furan rings is 1. The van der Waals surface area contributed by atoms with Crippen molar-refractivity contribution < 1.29 is 40.3 Å². The van der Waals surface area contributed by atoms with Crippen LogP contribution in [0.2, 0.25) is 0 Å². The maximum atomic E-state index is 13.2. The molecule has 2 aromatic rings. The normalized spacial score (nSPS) is 12.6. The SMILES string of the molecule is CCOC(=O)/C=C/c1cc(-c2ccc(C(F)(F)F)cc2C(F)(F)F)co1. The molecular formula is C17H12F6O3. The summed E-state index contributed by atoms with van der Waals surface area (Å²) in [5.41, 5.74) is -3.38. The van der Waals surface area contributed by atoms with Gasteiger partial charge in [0.15, 0.2) is 0 Å². The molecule has 0 radical (unpaired) electrons. The summed E-state index contributed by atoms with van der Waals surface area (Å²) in [6.45, 7) is 1.74. The van der Waals surface area contributed by atoms with Crippen molar-refractivity contribution >= 4 is 12.0 Å². The molecule has 1 heterocycles. The van der Waals surface area contributed by atoms with Crippen molar-refractivity contribution in [1.29, 1.82) is 0 Å². The first-order chi connectivity index (χ1) is 12.0. The quantitative estimate of drug-likeness (QED) is 0.397. The molecule has 0 bridgehead atoms. The van der Waals surface area contributed by atoms with E-state index in [9.17, 15) is 31.1 Å². The third-order valence-corrected chi connectivity index (χ3v) is 3.25. The highest BCUT2D eigenvalue weighted by molar-refractivity contribution is 5.86. The number of hydrogen-bond donors (Lipinski definition) is 0. The van der Waals surface area contributed by atoms with E-state index < -0.39 is 35.0 Å². The molecule has 9 heteroatoms. The van der Waals surface area contributed by atoms with Gasteiger partial charge in [-0.2, -0.15) is 26.3 Å². The monoisotopic (exact) mass is 378 g/mol. The van der Waals surface area contributed by atoms with Crippen LogP contribution < -0.4 is 0 Å². The van der Waals surface area contributed by atoms with E-state index in [2.05, 4.69) is 4.74 Å². The number of rotatable bonds is 4. The van der Waals surface area contributed by atoms with Crippen molar-refractivity contribution in [3.63, 3.8) is 0 Å². The van der Waals surface area contributed by atoms with Crippen LogP contribution in [0.15, 0.2) is 41.0 Å². The predicted molar refractivity (Wildman–Crippen MR) is 79.8 cm³/mol. The van der Waals surface area contributed by atoms with Gasteiger partial charge >= 0.3 is 18.3 Å². The van der Waals surface area contributed by atoms with Crippen molar-refractivity contribution in [2.75, 3.05) is 6.61 Å². The van der Waals surface area contributed by atoms with Crippen LogP contribution in [0.3, 0.4) is 0 Å². The van der Waals surface area contributed by atoms with Crippen LogP contribution in [0, 0.1) is 0 Å². The van der Waals surface area contributed by atoms with E-state index in [1.165, 1.54) is 12.1 Å². The fourth-order valence-corrected chi connectivity index (χ4v) is 2.13. The summed E-state index contributed by atoms with van der Waals surface area (Å²) in [4.78, 5) is 11.2. The predicted octanol–water partition coefficient (Wildman–Crippen LogP) is 5.56. The lowest BCUT2D eigenvalue weighted by Crippen LogP contribution is -2.11. The Bertz CT molecular complexity index is 815. The molecule has 0 unspecified atom stereocenters. The van der Waals surface area contributed by atoms with Crippen molar-refractivity contribution in [3.05, 3.63) is 53.5 Å². The van der Waals surface area contributed by atoms with Crippen LogP contribution in [-0.4, -0.2) is 12.6 Å². The van der Waals surface area contributed by atoms with Gasteiger partial charge in [0.2, 0.25) is 0 Å². The number of hydrogen-bond acceptors (Lipinski definition) is 3. The highest BCUT2D eigenvalue weighted by atomic mass is 19.4. The summed E-state index contributed by atoms with van der Waals surface area (Å²) < 4.78 is 87.3. The van der Waals surface area contributed by atoms with E-state index >= 15 is 0 Å². The Balaban J connectivity index is 2.41. The lowest BCUT2D eigenvalue weighted by Gasteiger charge is -2.15. The van der Waals surface area contributed by atoms with E-state index in [1.54, 1.807) is 6.92 Å². The van der Waals surface area contributed by atoms with Gasteiger partial charge < -0.3 is 9.15 Å². The topological polar surface area (TPSA) is 39.4 Å². The molecule has 0 saturated carbocycles. The molecule has 0 aliphatic carbocycles. The van der Waals surface area contributed by atoms with Crippen molar-refractivity contribution in [3.8, 4) is 11.1 Å². The fourth-order valence-electron chi connectivity index (χ4n) is 2.13. The van der Waals surface area contributed by atoms with Crippen molar-refractivity contribution in [1.82, 2.24) is 0 Å². The first-order valence-corrected chi connectivity index (χ1v) is 7.24. The summed E-state index contributed by atoms with van der Waals surface area (Å²) in [6.07, 6.45) is -6.73. The Morgan fingerprint density at radius 2 is 1.81 bits per heavy atom. The average Bonchev–Trinajstić information content (AvgIpc) is 3.00. The highest BCUT2D eigenvalue weighted by Gasteiger charge is 2.38. The molecule has 1 aromatic carbocycles. The van der Waals surface area contributed by atoms with Crippen LogP contribution in [0.4, 0.5) is 26.3 Å². The Kier molecular flexibility index (Phi) is 5.48. The molecule has 1 aromatic heterocycles. The molecule has 0 aliphatic heterocycles. The third-order valence-electron chi connectivity index (χ3n) is 3.25. The summed E-state index contributed by atoms with van der Waals surface area (Å²) in [5.74, 6) is -0.628. The van der Waals surface area contributed by atoms with Gasteiger partial charge in [-0.15, -0.1) is 0 Å².